The van der Waals surface area contributed by atoms with E-state index < -0.39 is 0 Å². The van der Waals surface area contributed by atoms with Crippen molar-refractivity contribution in [3.8, 4) is 0 Å². The minimum atomic E-state index is 0.325. The molecule has 0 fully saturated rings. The van der Waals surface area contributed by atoms with Crippen LogP contribution in [0.25, 0.3) is 0 Å². The van der Waals surface area contributed by atoms with Gasteiger partial charge in [-0.1, -0.05) is 0 Å². The van der Waals surface area contributed by atoms with Gasteiger partial charge in [-0.25, -0.2) is 0 Å². The fraction of sp³-hybridized carbons (Fsp3) is 0.615. The molecule has 0 radical (unpaired) electrons. The predicted molar refractivity (Wildman–Crippen MR) is 67.1 cm³/mol. The Morgan fingerprint density at radius 2 is 2.14 bits per heavy atom. The molecule has 0 amide bonds. The van der Waals surface area contributed by atoms with Gasteiger partial charge in [0.1, 0.15) is 0 Å². The molecule has 0 heterocycles. The molecular weight excluding hydrogens is 167 g/mol. The topological polar surface area (TPSA) is 0 Å². The predicted octanol–water partition coefficient (Wildman–Crippen LogP) is 3.48. The Balaban J connectivity index is 2.89. The molecule has 1 rings (SSSR count). The van der Waals surface area contributed by atoms with Crippen molar-refractivity contribution in [2.24, 2.45) is 11.3 Å². The fourth-order valence-corrected chi connectivity index (χ4v) is 1.91. The summed E-state index contributed by atoms with van der Waals surface area (Å²) in [5.41, 5.74) is 3.38. The van der Waals surface area contributed by atoms with Crippen LogP contribution in [0.5, 0.6) is 0 Å². The average Bonchev–Trinajstić information content (AvgIpc) is 2.14. The zero-order valence-electron chi connectivity index (χ0n) is 9.93. The first-order valence-corrected chi connectivity index (χ1v) is 5.49. The van der Waals surface area contributed by atoms with Gasteiger partial charge in [-0.15, -0.1) is 0 Å². The van der Waals surface area contributed by atoms with Crippen molar-refractivity contribution in [1.29, 1.82) is 0 Å². The van der Waals surface area contributed by atoms with Gasteiger partial charge in [-0.3, -0.25) is 0 Å². The third kappa shape index (κ3) is 2.08. The Morgan fingerprint density at radius 1 is 1.50 bits per heavy atom. The SMILES string of the molecule is C=BCCC1=C(C)C(C)(C)C(C)C=C1. The zero-order valence-corrected chi connectivity index (χ0v) is 9.93. The van der Waals surface area contributed by atoms with Crippen LogP contribution in [-0.2, 0) is 0 Å². The van der Waals surface area contributed by atoms with E-state index in [2.05, 4.69) is 46.3 Å². The summed E-state index contributed by atoms with van der Waals surface area (Å²) in [6.07, 6.45) is 6.86. The van der Waals surface area contributed by atoms with E-state index in [1.165, 1.54) is 5.57 Å². The van der Waals surface area contributed by atoms with Crippen molar-refractivity contribution in [2.75, 3.05) is 0 Å². The minimum absolute atomic E-state index is 0.325. The molecule has 0 aliphatic heterocycles. The zero-order chi connectivity index (χ0) is 10.8. The van der Waals surface area contributed by atoms with E-state index in [0.717, 1.165) is 12.7 Å². The van der Waals surface area contributed by atoms with Crippen LogP contribution in [0.1, 0.15) is 34.1 Å². The Bertz CT molecular complexity index is 282. The number of hydrogen-bond donors (Lipinski definition) is 0. The van der Waals surface area contributed by atoms with E-state index in [1.807, 2.05) is 6.92 Å². The summed E-state index contributed by atoms with van der Waals surface area (Å²) in [7, 11) is 0. The van der Waals surface area contributed by atoms with E-state index in [4.69, 9.17) is 0 Å². The standard InChI is InChI=1S/C13H21B/c1-10-6-7-12(8-9-14-5)11(2)13(10,3)4/h6-7,10H,5,8-9H2,1-4H3. The van der Waals surface area contributed by atoms with Crippen LogP contribution in [0.2, 0.25) is 6.32 Å². The van der Waals surface area contributed by atoms with E-state index in [0.29, 0.717) is 11.3 Å². The number of hydrogen-bond acceptors (Lipinski definition) is 0. The third-order valence-electron chi connectivity index (χ3n) is 3.79. The van der Waals surface area contributed by atoms with E-state index in [9.17, 15) is 0 Å². The molecular formula is C13H21B. The first-order valence-electron chi connectivity index (χ1n) is 5.49. The van der Waals surface area contributed by atoms with E-state index >= 15 is 0 Å². The van der Waals surface area contributed by atoms with Crippen molar-refractivity contribution in [3.05, 3.63) is 23.3 Å². The molecule has 0 N–H and O–H groups in total. The maximum absolute atomic E-state index is 3.77. The van der Waals surface area contributed by atoms with Gasteiger partial charge < -0.3 is 0 Å². The molecule has 1 atom stereocenters. The van der Waals surface area contributed by atoms with Gasteiger partial charge >= 0.3 is 88.5 Å². The Kier molecular flexibility index (Phi) is 3.52. The van der Waals surface area contributed by atoms with Crippen molar-refractivity contribution in [3.63, 3.8) is 0 Å². The van der Waals surface area contributed by atoms with Crippen molar-refractivity contribution in [1.82, 2.24) is 0 Å². The normalized spacial score (nSPS) is 25.0. The second-order valence-corrected chi connectivity index (χ2v) is 4.85. The van der Waals surface area contributed by atoms with Gasteiger partial charge in [0.2, 0.25) is 0 Å². The van der Waals surface area contributed by atoms with Gasteiger partial charge in [-0.05, 0) is 0 Å². The second kappa shape index (κ2) is 4.29. The van der Waals surface area contributed by atoms with E-state index in [-0.39, 0.29) is 0 Å². The van der Waals surface area contributed by atoms with Crippen LogP contribution in [0.4, 0.5) is 0 Å². The molecule has 0 saturated heterocycles. The second-order valence-electron chi connectivity index (χ2n) is 4.85. The molecule has 1 aliphatic rings. The number of allylic oxidation sites excluding steroid dienone is 4. The summed E-state index contributed by atoms with van der Waals surface area (Å²) in [4.78, 5) is 0. The molecule has 0 bridgehead atoms. The third-order valence-corrected chi connectivity index (χ3v) is 3.79. The van der Waals surface area contributed by atoms with Crippen molar-refractivity contribution in [2.45, 2.75) is 40.4 Å². The molecule has 1 aliphatic carbocycles. The maximum atomic E-state index is 3.77. The summed E-state index contributed by atoms with van der Waals surface area (Å²) in [5, 5.41) is 0. The van der Waals surface area contributed by atoms with Crippen molar-refractivity contribution >= 4 is 13.4 Å². The van der Waals surface area contributed by atoms with Gasteiger partial charge in [0.15, 0.2) is 0 Å². The quantitative estimate of drug-likeness (QED) is 0.595. The van der Waals surface area contributed by atoms with Crippen LogP contribution in [-0.4, -0.2) is 13.4 Å². The van der Waals surface area contributed by atoms with Crippen LogP contribution >= 0.6 is 0 Å². The summed E-state index contributed by atoms with van der Waals surface area (Å²) in [6, 6.07) is 0. The summed E-state index contributed by atoms with van der Waals surface area (Å²) in [5.74, 6) is 0.648. The van der Waals surface area contributed by atoms with Gasteiger partial charge in [0.05, 0.1) is 0 Å². The first kappa shape index (κ1) is 11.5. The average molecular weight is 188 g/mol. The van der Waals surface area contributed by atoms with Gasteiger partial charge in [0.25, 0.3) is 0 Å². The molecule has 0 aromatic carbocycles. The molecule has 1 unspecified atom stereocenters. The molecule has 14 heavy (non-hydrogen) atoms. The fourth-order valence-electron chi connectivity index (χ4n) is 1.91. The van der Waals surface area contributed by atoms with Crippen LogP contribution < -0.4 is 0 Å². The van der Waals surface area contributed by atoms with E-state index in [1.54, 1.807) is 5.57 Å². The molecule has 0 aromatic rings. The summed E-state index contributed by atoms with van der Waals surface area (Å²) in [6.45, 7) is 15.0. The Morgan fingerprint density at radius 3 is 2.71 bits per heavy atom. The monoisotopic (exact) mass is 188 g/mol. The van der Waals surface area contributed by atoms with Crippen LogP contribution in [0.3, 0.4) is 0 Å². The van der Waals surface area contributed by atoms with Crippen LogP contribution in [0, 0.1) is 11.3 Å². The summed E-state index contributed by atoms with van der Waals surface area (Å²) >= 11 is 0. The Labute approximate surface area is 89.0 Å². The van der Waals surface area contributed by atoms with Gasteiger partial charge in [-0.2, -0.15) is 0 Å². The molecule has 0 spiro atoms. The molecule has 0 nitrogen and oxygen atoms in total. The Hall–Kier alpha value is -0.585. The molecule has 76 valence electrons. The molecule has 0 aromatic heterocycles. The molecule has 1 heteroatoms. The van der Waals surface area contributed by atoms with Gasteiger partial charge in [0, 0.05) is 0 Å². The van der Waals surface area contributed by atoms with Crippen LogP contribution in [0.15, 0.2) is 23.3 Å². The van der Waals surface area contributed by atoms with Crippen molar-refractivity contribution < 1.29 is 0 Å². The summed E-state index contributed by atoms with van der Waals surface area (Å²) < 4.78 is 0. The first-order chi connectivity index (χ1) is 6.50. The molecule has 0 saturated carbocycles. The number of rotatable bonds is 3.